The van der Waals surface area contributed by atoms with Crippen LogP contribution in [0.3, 0.4) is 0 Å². The molecule has 0 aliphatic carbocycles. The highest BCUT2D eigenvalue weighted by Gasteiger charge is 2.48. The van der Waals surface area contributed by atoms with Gasteiger partial charge in [0, 0.05) is 17.7 Å². The summed E-state index contributed by atoms with van der Waals surface area (Å²) in [5.74, 6) is 0.737. The van der Waals surface area contributed by atoms with Crippen LogP contribution >= 0.6 is 0 Å². The van der Waals surface area contributed by atoms with Gasteiger partial charge in [0.25, 0.3) is 0 Å². The molecule has 2 heterocycles. The molecule has 1 aromatic heterocycles. The molecule has 1 aliphatic heterocycles. The van der Waals surface area contributed by atoms with Crippen LogP contribution in [0.15, 0.2) is 42.6 Å². The first kappa shape index (κ1) is 12.9. The zero-order valence-corrected chi connectivity index (χ0v) is 11.9. The summed E-state index contributed by atoms with van der Waals surface area (Å²) in [6.45, 7) is 5.93. The lowest BCUT2D eigenvalue weighted by molar-refractivity contribution is 0.0528. The highest BCUT2D eigenvalue weighted by molar-refractivity contribution is 6.02. The van der Waals surface area contributed by atoms with E-state index in [9.17, 15) is 4.79 Å². The van der Waals surface area contributed by atoms with E-state index < -0.39 is 5.60 Å². The van der Waals surface area contributed by atoms with E-state index in [1.54, 1.807) is 18.3 Å². The maximum Gasteiger partial charge on any atom is 0.224 e. The van der Waals surface area contributed by atoms with Gasteiger partial charge in [0.2, 0.25) is 5.78 Å². The van der Waals surface area contributed by atoms with Crippen LogP contribution in [0, 0.1) is 6.92 Å². The first-order valence-electron chi connectivity index (χ1n) is 6.78. The summed E-state index contributed by atoms with van der Waals surface area (Å²) >= 11 is 0. The number of rotatable bonds is 2. The van der Waals surface area contributed by atoms with Crippen LogP contribution in [0.5, 0.6) is 5.75 Å². The zero-order valence-electron chi connectivity index (χ0n) is 11.9. The third-order valence-corrected chi connectivity index (χ3v) is 4.13. The SMILES string of the molecule is Cc1ccc2c(c1)C(C)C(C)(C(=O)c1ccccn1)O2. The molecule has 0 saturated carbocycles. The number of nitrogens with zero attached hydrogens (tertiary/aromatic N) is 1. The Morgan fingerprint density at radius 2 is 2.10 bits per heavy atom. The lowest BCUT2D eigenvalue weighted by Crippen LogP contribution is -2.42. The number of fused-ring (bicyclic) bond motifs is 1. The Kier molecular flexibility index (Phi) is 2.85. The third kappa shape index (κ3) is 1.82. The average Bonchev–Trinajstić information content (AvgIpc) is 2.72. The number of aromatic nitrogens is 1. The molecule has 2 aromatic rings. The molecule has 2 atom stereocenters. The van der Waals surface area contributed by atoms with E-state index in [0.717, 1.165) is 11.3 Å². The van der Waals surface area contributed by atoms with E-state index in [1.807, 2.05) is 39.0 Å². The Balaban J connectivity index is 2.01. The van der Waals surface area contributed by atoms with Crippen molar-refractivity contribution < 1.29 is 9.53 Å². The zero-order chi connectivity index (χ0) is 14.3. The summed E-state index contributed by atoms with van der Waals surface area (Å²) in [4.78, 5) is 16.9. The van der Waals surface area contributed by atoms with Gasteiger partial charge in [0.15, 0.2) is 5.60 Å². The van der Waals surface area contributed by atoms with Crippen molar-refractivity contribution in [3.8, 4) is 5.75 Å². The molecule has 0 fully saturated rings. The molecule has 1 aliphatic rings. The van der Waals surface area contributed by atoms with Crippen molar-refractivity contribution in [3.63, 3.8) is 0 Å². The predicted molar refractivity (Wildman–Crippen MR) is 77.2 cm³/mol. The first-order valence-corrected chi connectivity index (χ1v) is 6.78. The van der Waals surface area contributed by atoms with Crippen molar-refractivity contribution in [2.75, 3.05) is 0 Å². The molecule has 0 saturated heterocycles. The van der Waals surface area contributed by atoms with Crippen LogP contribution in [0.2, 0.25) is 0 Å². The Bertz CT molecular complexity index is 666. The molecule has 0 N–H and O–H groups in total. The number of benzene rings is 1. The van der Waals surface area contributed by atoms with E-state index in [2.05, 4.69) is 11.1 Å². The quantitative estimate of drug-likeness (QED) is 0.781. The fourth-order valence-electron chi connectivity index (χ4n) is 2.71. The number of carbonyl (C=O) groups excluding carboxylic acids is 1. The maximum absolute atomic E-state index is 12.7. The first-order chi connectivity index (χ1) is 9.52. The molecule has 0 radical (unpaired) electrons. The third-order valence-electron chi connectivity index (χ3n) is 4.13. The Morgan fingerprint density at radius 3 is 2.80 bits per heavy atom. The summed E-state index contributed by atoms with van der Waals surface area (Å²) in [7, 11) is 0. The molecule has 0 amide bonds. The fraction of sp³-hybridized carbons (Fsp3) is 0.294. The number of Topliss-reactive ketones (excluding diaryl/α,β-unsaturated/α-hetero) is 1. The van der Waals surface area contributed by atoms with Gasteiger partial charge in [-0.25, -0.2) is 0 Å². The molecular formula is C17H17NO2. The van der Waals surface area contributed by atoms with Gasteiger partial charge in [-0.2, -0.15) is 0 Å². The van der Waals surface area contributed by atoms with Gasteiger partial charge in [-0.05, 0) is 32.0 Å². The Labute approximate surface area is 118 Å². The van der Waals surface area contributed by atoms with Gasteiger partial charge in [0.05, 0.1) is 0 Å². The van der Waals surface area contributed by atoms with Crippen molar-refractivity contribution in [2.45, 2.75) is 32.3 Å². The van der Waals surface area contributed by atoms with Gasteiger partial charge >= 0.3 is 0 Å². The summed E-state index contributed by atoms with van der Waals surface area (Å²) in [5.41, 5.74) is 1.83. The van der Waals surface area contributed by atoms with Crippen LogP contribution in [0.4, 0.5) is 0 Å². The van der Waals surface area contributed by atoms with Crippen molar-refractivity contribution >= 4 is 5.78 Å². The minimum absolute atomic E-state index is 0.00639. The maximum atomic E-state index is 12.7. The normalized spacial score (nSPS) is 24.1. The summed E-state index contributed by atoms with van der Waals surface area (Å²) in [5, 5.41) is 0. The van der Waals surface area contributed by atoms with Crippen molar-refractivity contribution in [1.82, 2.24) is 4.98 Å². The van der Waals surface area contributed by atoms with Crippen LogP contribution < -0.4 is 4.74 Å². The second-order valence-corrected chi connectivity index (χ2v) is 5.52. The predicted octanol–water partition coefficient (Wildman–Crippen LogP) is 3.53. The molecule has 3 rings (SSSR count). The monoisotopic (exact) mass is 267 g/mol. The Morgan fingerprint density at radius 1 is 1.30 bits per heavy atom. The van der Waals surface area contributed by atoms with Crippen LogP contribution in [0.1, 0.15) is 41.4 Å². The van der Waals surface area contributed by atoms with Gasteiger partial charge in [-0.1, -0.05) is 30.7 Å². The van der Waals surface area contributed by atoms with E-state index in [-0.39, 0.29) is 11.7 Å². The second kappa shape index (κ2) is 4.44. The molecule has 0 bridgehead atoms. The smallest absolute Gasteiger partial charge is 0.224 e. The number of ketones is 1. The number of aryl methyl sites for hydroxylation is 1. The number of hydrogen-bond donors (Lipinski definition) is 0. The molecule has 2 unspecified atom stereocenters. The van der Waals surface area contributed by atoms with Gasteiger partial charge in [-0.3, -0.25) is 9.78 Å². The molecule has 3 heteroatoms. The summed E-state index contributed by atoms with van der Waals surface area (Å²) in [6.07, 6.45) is 1.63. The van der Waals surface area contributed by atoms with Gasteiger partial charge in [0.1, 0.15) is 11.4 Å². The van der Waals surface area contributed by atoms with Crippen molar-refractivity contribution in [2.24, 2.45) is 0 Å². The lowest BCUT2D eigenvalue weighted by Gasteiger charge is -2.26. The minimum atomic E-state index is -0.884. The second-order valence-electron chi connectivity index (χ2n) is 5.52. The van der Waals surface area contributed by atoms with Crippen molar-refractivity contribution in [3.05, 3.63) is 59.4 Å². The molecule has 3 nitrogen and oxygen atoms in total. The van der Waals surface area contributed by atoms with E-state index in [1.165, 1.54) is 5.56 Å². The lowest BCUT2D eigenvalue weighted by atomic mass is 9.82. The number of pyridine rings is 1. The molecule has 102 valence electrons. The number of ether oxygens (including phenoxy) is 1. The van der Waals surface area contributed by atoms with Gasteiger partial charge in [-0.15, -0.1) is 0 Å². The van der Waals surface area contributed by atoms with Crippen LogP contribution in [0.25, 0.3) is 0 Å². The molecule has 1 aromatic carbocycles. The number of carbonyl (C=O) groups is 1. The van der Waals surface area contributed by atoms with E-state index in [4.69, 9.17) is 4.74 Å². The number of hydrogen-bond acceptors (Lipinski definition) is 3. The van der Waals surface area contributed by atoms with Crippen LogP contribution in [-0.2, 0) is 0 Å². The van der Waals surface area contributed by atoms with Crippen molar-refractivity contribution in [1.29, 1.82) is 0 Å². The molecule has 20 heavy (non-hydrogen) atoms. The average molecular weight is 267 g/mol. The molecular weight excluding hydrogens is 250 g/mol. The van der Waals surface area contributed by atoms with Gasteiger partial charge < -0.3 is 4.74 Å². The fourth-order valence-corrected chi connectivity index (χ4v) is 2.71. The topological polar surface area (TPSA) is 39.2 Å². The minimum Gasteiger partial charge on any atom is -0.478 e. The molecule has 0 spiro atoms. The largest absolute Gasteiger partial charge is 0.478 e. The summed E-state index contributed by atoms with van der Waals surface area (Å²) < 4.78 is 5.99. The van der Waals surface area contributed by atoms with E-state index >= 15 is 0 Å². The highest BCUT2D eigenvalue weighted by atomic mass is 16.5. The van der Waals surface area contributed by atoms with E-state index in [0.29, 0.717) is 5.69 Å². The van der Waals surface area contributed by atoms with Crippen LogP contribution in [-0.4, -0.2) is 16.4 Å². The standard InChI is InChI=1S/C17H17NO2/c1-11-7-8-15-13(10-11)12(2)17(3,20-15)16(19)14-6-4-5-9-18-14/h4-10,12H,1-3H3. The Hall–Kier alpha value is -2.16. The summed E-state index contributed by atoms with van der Waals surface area (Å²) in [6, 6.07) is 11.4. The highest BCUT2D eigenvalue weighted by Crippen LogP contribution is 2.46.